The molecule has 0 radical (unpaired) electrons. The average Bonchev–Trinajstić information content (AvgIpc) is 2.68. The third kappa shape index (κ3) is 5.64. The van der Waals surface area contributed by atoms with Gasteiger partial charge in [0.25, 0.3) is 0 Å². The molecule has 12 heteroatoms. The van der Waals surface area contributed by atoms with Gasteiger partial charge in [-0.2, -0.15) is 22.7 Å². The molecule has 2 aromatic rings. The number of rotatable bonds is 5. The van der Waals surface area contributed by atoms with Gasteiger partial charge in [0.05, 0.1) is 18.7 Å². The van der Waals surface area contributed by atoms with Crippen molar-refractivity contribution in [2.24, 2.45) is 0 Å². The molecular formula is C19H19ClF3N5O2S. The largest absolute Gasteiger partial charge is 0.433 e. The average molecular weight is 474 g/mol. The summed E-state index contributed by atoms with van der Waals surface area (Å²) < 4.78 is 66.6. The Morgan fingerprint density at radius 2 is 1.87 bits per heavy atom. The molecule has 1 aromatic carbocycles. The Labute approximate surface area is 183 Å². The monoisotopic (exact) mass is 473 g/mol. The van der Waals surface area contributed by atoms with Crippen molar-refractivity contribution in [2.75, 3.05) is 37.3 Å². The summed E-state index contributed by atoms with van der Waals surface area (Å²) in [6.45, 7) is 0.564. The maximum Gasteiger partial charge on any atom is 0.433 e. The van der Waals surface area contributed by atoms with Crippen LogP contribution < -0.4 is 4.90 Å². The summed E-state index contributed by atoms with van der Waals surface area (Å²) >= 11 is 5.99. The molecule has 1 fully saturated rings. The van der Waals surface area contributed by atoms with Gasteiger partial charge < -0.3 is 4.90 Å². The molecule has 0 bridgehead atoms. The van der Waals surface area contributed by atoms with Gasteiger partial charge in [0.15, 0.2) is 5.69 Å². The summed E-state index contributed by atoms with van der Waals surface area (Å²) in [4.78, 5) is 9.51. The molecule has 3 rings (SSSR count). The van der Waals surface area contributed by atoms with Gasteiger partial charge in [-0.05, 0) is 17.7 Å². The van der Waals surface area contributed by atoms with Crippen molar-refractivity contribution >= 4 is 27.4 Å². The van der Waals surface area contributed by atoms with Crippen molar-refractivity contribution in [1.29, 1.82) is 5.26 Å². The zero-order valence-corrected chi connectivity index (χ0v) is 18.1. The lowest BCUT2D eigenvalue weighted by Crippen LogP contribution is -2.49. The summed E-state index contributed by atoms with van der Waals surface area (Å²) in [5.74, 6) is -0.175. The van der Waals surface area contributed by atoms with Crippen LogP contribution in [0.5, 0.6) is 0 Å². The quantitative estimate of drug-likeness (QED) is 0.663. The van der Waals surface area contributed by atoms with Gasteiger partial charge in [-0.1, -0.05) is 23.7 Å². The fourth-order valence-electron chi connectivity index (χ4n) is 3.41. The first kappa shape index (κ1) is 23.2. The topological polar surface area (TPSA) is 90.2 Å². The minimum atomic E-state index is -4.76. The molecule has 0 unspecified atom stereocenters. The molecule has 0 atom stereocenters. The number of piperazine rings is 1. The summed E-state index contributed by atoms with van der Waals surface area (Å²) in [7, 11) is -3.41. The number of hydrogen-bond acceptors (Lipinski definition) is 6. The van der Waals surface area contributed by atoms with Crippen molar-refractivity contribution in [3.05, 3.63) is 51.9 Å². The number of alkyl halides is 3. The number of benzene rings is 1. The summed E-state index contributed by atoms with van der Waals surface area (Å²) in [5, 5.41) is 9.35. The molecule has 0 spiro atoms. The van der Waals surface area contributed by atoms with Crippen LogP contribution in [0.2, 0.25) is 5.02 Å². The predicted octanol–water partition coefficient (Wildman–Crippen LogP) is 2.89. The lowest BCUT2D eigenvalue weighted by atomic mass is 10.0. The Hall–Kier alpha value is -2.42. The fourth-order valence-corrected chi connectivity index (χ4v) is 4.45. The van der Waals surface area contributed by atoms with E-state index >= 15 is 0 Å². The summed E-state index contributed by atoms with van der Waals surface area (Å²) in [6, 6.07) is 8.26. The van der Waals surface area contributed by atoms with E-state index in [1.165, 1.54) is 4.31 Å². The standard InChI is InChI=1S/C19H19ClF3N5O2S/c1-31(29,30)28-9-7-27(8-10-28)18-15(12-13-3-2-4-14(20)11-13)17(19(21,22)23)25-16(26-18)5-6-24/h2-4,11H,5,7-10,12H2,1H3. The van der Waals surface area contributed by atoms with E-state index in [0.717, 1.165) is 6.26 Å². The third-order valence-corrected chi connectivity index (χ3v) is 6.35. The number of halogens is 4. The molecule has 1 aliphatic heterocycles. The van der Waals surface area contributed by atoms with E-state index in [1.54, 1.807) is 35.2 Å². The highest BCUT2D eigenvalue weighted by Crippen LogP contribution is 2.36. The Kier molecular flexibility index (Phi) is 6.73. The molecule has 0 amide bonds. The highest BCUT2D eigenvalue weighted by molar-refractivity contribution is 7.88. The second-order valence-corrected chi connectivity index (χ2v) is 9.50. The van der Waals surface area contributed by atoms with Gasteiger partial charge >= 0.3 is 6.18 Å². The molecule has 7 nitrogen and oxygen atoms in total. The van der Waals surface area contributed by atoms with E-state index in [9.17, 15) is 21.6 Å². The zero-order chi connectivity index (χ0) is 22.8. The van der Waals surface area contributed by atoms with E-state index in [2.05, 4.69) is 9.97 Å². The van der Waals surface area contributed by atoms with E-state index in [-0.39, 0.29) is 56.2 Å². The molecule has 166 valence electrons. The minimum absolute atomic E-state index is 0.0562. The third-order valence-electron chi connectivity index (χ3n) is 4.81. The highest BCUT2D eigenvalue weighted by atomic mass is 35.5. The molecule has 1 aliphatic rings. The number of aromatic nitrogens is 2. The highest BCUT2D eigenvalue weighted by Gasteiger charge is 2.39. The molecule has 1 aromatic heterocycles. The van der Waals surface area contributed by atoms with Crippen molar-refractivity contribution < 1.29 is 21.6 Å². The van der Waals surface area contributed by atoms with Crippen LogP contribution in [-0.2, 0) is 29.0 Å². The van der Waals surface area contributed by atoms with Crippen molar-refractivity contribution in [3.63, 3.8) is 0 Å². The van der Waals surface area contributed by atoms with Gasteiger partial charge in [-0.3, -0.25) is 0 Å². The van der Waals surface area contributed by atoms with Gasteiger partial charge in [0, 0.05) is 43.2 Å². The number of hydrogen-bond donors (Lipinski definition) is 0. The normalized spacial score (nSPS) is 15.7. The number of nitrogens with zero attached hydrogens (tertiary/aromatic N) is 5. The second kappa shape index (κ2) is 8.98. The van der Waals surface area contributed by atoms with E-state index in [1.807, 2.05) is 0 Å². The van der Waals surface area contributed by atoms with Gasteiger partial charge in [0.2, 0.25) is 10.0 Å². The molecule has 31 heavy (non-hydrogen) atoms. The molecule has 0 saturated carbocycles. The van der Waals surface area contributed by atoms with E-state index in [0.29, 0.717) is 10.6 Å². The van der Waals surface area contributed by atoms with Crippen LogP contribution in [0.3, 0.4) is 0 Å². The van der Waals surface area contributed by atoms with Crippen LogP contribution in [0.15, 0.2) is 24.3 Å². The Balaban J connectivity index is 2.09. The van der Waals surface area contributed by atoms with Crippen LogP contribution in [0.25, 0.3) is 0 Å². The van der Waals surface area contributed by atoms with Gasteiger partial charge in [-0.25, -0.2) is 18.4 Å². The van der Waals surface area contributed by atoms with Crippen LogP contribution in [0.1, 0.15) is 22.6 Å². The van der Waals surface area contributed by atoms with Crippen LogP contribution in [0, 0.1) is 11.3 Å². The molecule has 1 saturated heterocycles. The SMILES string of the molecule is CS(=O)(=O)N1CCN(c2nc(CC#N)nc(C(F)(F)F)c2Cc2cccc(Cl)c2)CC1. The predicted molar refractivity (Wildman–Crippen MR) is 109 cm³/mol. The van der Waals surface area contributed by atoms with Crippen LogP contribution in [0.4, 0.5) is 19.0 Å². The Bertz CT molecular complexity index is 1110. The second-order valence-electron chi connectivity index (χ2n) is 7.08. The lowest BCUT2D eigenvalue weighted by molar-refractivity contribution is -0.141. The lowest BCUT2D eigenvalue weighted by Gasteiger charge is -2.35. The first-order chi connectivity index (χ1) is 14.5. The van der Waals surface area contributed by atoms with Gasteiger partial charge in [0.1, 0.15) is 11.6 Å². The van der Waals surface area contributed by atoms with Crippen molar-refractivity contribution in [3.8, 4) is 6.07 Å². The zero-order valence-electron chi connectivity index (χ0n) is 16.5. The smallest absolute Gasteiger partial charge is 0.354 e. The van der Waals surface area contributed by atoms with Crippen molar-refractivity contribution in [1.82, 2.24) is 14.3 Å². The maximum atomic E-state index is 13.9. The van der Waals surface area contributed by atoms with Gasteiger partial charge in [-0.15, -0.1) is 0 Å². The molecule has 2 heterocycles. The van der Waals surface area contributed by atoms with Crippen LogP contribution in [-0.4, -0.2) is 55.1 Å². The van der Waals surface area contributed by atoms with Crippen LogP contribution >= 0.6 is 11.6 Å². The number of sulfonamides is 1. The van der Waals surface area contributed by atoms with E-state index < -0.39 is 21.9 Å². The fraction of sp³-hybridized carbons (Fsp3) is 0.421. The molecular weight excluding hydrogens is 455 g/mol. The first-order valence-electron chi connectivity index (χ1n) is 9.27. The summed E-state index contributed by atoms with van der Waals surface area (Å²) in [6.07, 6.45) is -4.17. The number of nitriles is 1. The minimum Gasteiger partial charge on any atom is -0.354 e. The Morgan fingerprint density at radius 1 is 1.19 bits per heavy atom. The molecule has 0 N–H and O–H groups in total. The number of anilines is 1. The van der Waals surface area contributed by atoms with E-state index in [4.69, 9.17) is 16.9 Å². The maximum absolute atomic E-state index is 13.9. The molecule has 0 aliphatic carbocycles. The first-order valence-corrected chi connectivity index (χ1v) is 11.5. The summed E-state index contributed by atoms with van der Waals surface area (Å²) in [5.41, 5.74) is -0.691. The Morgan fingerprint density at radius 3 is 2.42 bits per heavy atom. The van der Waals surface area contributed by atoms with Crippen molar-refractivity contribution in [2.45, 2.75) is 19.0 Å².